The van der Waals surface area contributed by atoms with Gasteiger partial charge in [0.2, 0.25) is 11.2 Å². The molecule has 18 heavy (non-hydrogen) atoms. The third-order valence-corrected chi connectivity index (χ3v) is 2.59. The van der Waals surface area contributed by atoms with Crippen molar-refractivity contribution in [3.8, 4) is 6.01 Å². The summed E-state index contributed by atoms with van der Waals surface area (Å²) in [5.41, 5.74) is 0. The highest BCUT2D eigenvalue weighted by Crippen LogP contribution is 2.15. The van der Waals surface area contributed by atoms with Gasteiger partial charge < -0.3 is 15.2 Å². The van der Waals surface area contributed by atoms with Crippen LogP contribution in [0.4, 0.5) is 5.95 Å². The average molecular weight is 275 g/mol. The van der Waals surface area contributed by atoms with Gasteiger partial charge in [0.15, 0.2) is 0 Å². The second-order valence-electron chi connectivity index (χ2n) is 4.15. The summed E-state index contributed by atoms with van der Waals surface area (Å²) in [4.78, 5) is 12.0. The van der Waals surface area contributed by atoms with Crippen LogP contribution in [0.5, 0.6) is 6.01 Å². The number of nitrogens with zero attached hydrogens (tertiary/aromatic N) is 3. The summed E-state index contributed by atoms with van der Waals surface area (Å²) in [6.45, 7) is 6.52. The number of halogens is 1. The molecule has 1 atom stereocenters. The number of aliphatic hydroxyl groups excluding tert-OH is 1. The van der Waals surface area contributed by atoms with Crippen LogP contribution in [0.2, 0.25) is 5.28 Å². The number of ether oxygens (including phenoxy) is 1. The highest BCUT2D eigenvalue weighted by atomic mass is 35.5. The largest absolute Gasteiger partial charge is 0.464 e. The molecule has 1 aromatic heterocycles. The summed E-state index contributed by atoms with van der Waals surface area (Å²) in [6, 6.07) is 0.273. The van der Waals surface area contributed by atoms with Crippen molar-refractivity contribution in [2.75, 3.05) is 18.5 Å². The van der Waals surface area contributed by atoms with Crippen molar-refractivity contribution in [2.45, 2.75) is 33.2 Å². The molecule has 0 radical (unpaired) electrons. The molecule has 7 heteroatoms. The van der Waals surface area contributed by atoms with Crippen LogP contribution in [0.15, 0.2) is 0 Å². The predicted molar refractivity (Wildman–Crippen MR) is 70.0 cm³/mol. The number of anilines is 1. The van der Waals surface area contributed by atoms with Crippen molar-refractivity contribution in [2.24, 2.45) is 5.92 Å². The van der Waals surface area contributed by atoms with Gasteiger partial charge in [0.25, 0.3) is 0 Å². The summed E-state index contributed by atoms with van der Waals surface area (Å²) < 4.78 is 5.19. The van der Waals surface area contributed by atoms with Crippen LogP contribution >= 0.6 is 11.6 Å². The Balaban J connectivity index is 2.81. The SMILES string of the molecule is CCOc1nc(Cl)nc(NC(CCO)C(C)C)n1. The molecular weight excluding hydrogens is 256 g/mol. The first-order chi connectivity index (χ1) is 8.56. The van der Waals surface area contributed by atoms with Crippen molar-refractivity contribution in [3.05, 3.63) is 5.28 Å². The molecule has 0 aliphatic heterocycles. The maximum absolute atomic E-state index is 9.01. The lowest BCUT2D eigenvalue weighted by Crippen LogP contribution is -2.28. The highest BCUT2D eigenvalue weighted by molar-refractivity contribution is 6.28. The van der Waals surface area contributed by atoms with E-state index in [2.05, 4.69) is 34.1 Å². The van der Waals surface area contributed by atoms with Gasteiger partial charge in [-0.15, -0.1) is 0 Å². The number of aromatic nitrogens is 3. The van der Waals surface area contributed by atoms with Crippen LogP contribution < -0.4 is 10.1 Å². The van der Waals surface area contributed by atoms with E-state index in [9.17, 15) is 0 Å². The fourth-order valence-corrected chi connectivity index (χ4v) is 1.62. The van der Waals surface area contributed by atoms with E-state index in [4.69, 9.17) is 21.4 Å². The molecule has 0 saturated heterocycles. The fraction of sp³-hybridized carbons (Fsp3) is 0.727. The first-order valence-electron chi connectivity index (χ1n) is 5.98. The third kappa shape index (κ3) is 4.62. The Morgan fingerprint density at radius 3 is 2.61 bits per heavy atom. The number of rotatable bonds is 7. The molecule has 102 valence electrons. The molecule has 2 N–H and O–H groups in total. The maximum Gasteiger partial charge on any atom is 0.322 e. The van der Waals surface area contributed by atoms with Crippen LogP contribution in [-0.2, 0) is 0 Å². The second-order valence-corrected chi connectivity index (χ2v) is 4.49. The predicted octanol–water partition coefficient (Wildman–Crippen LogP) is 1.74. The number of hydrogen-bond acceptors (Lipinski definition) is 6. The number of aliphatic hydroxyl groups is 1. The van der Waals surface area contributed by atoms with Crippen LogP contribution in [0, 0.1) is 5.92 Å². The van der Waals surface area contributed by atoms with Crippen LogP contribution in [0.25, 0.3) is 0 Å². The van der Waals surface area contributed by atoms with E-state index in [1.54, 1.807) is 0 Å². The summed E-state index contributed by atoms with van der Waals surface area (Å²) in [6.07, 6.45) is 0.616. The zero-order valence-electron chi connectivity index (χ0n) is 10.9. The molecule has 0 aromatic carbocycles. The molecular formula is C11H19ClN4O2. The van der Waals surface area contributed by atoms with Gasteiger partial charge in [0, 0.05) is 12.6 Å². The molecule has 1 rings (SSSR count). The summed E-state index contributed by atoms with van der Waals surface area (Å²) in [5.74, 6) is 0.703. The Hall–Kier alpha value is -1.14. The van der Waals surface area contributed by atoms with Crippen molar-refractivity contribution in [3.63, 3.8) is 0 Å². The van der Waals surface area contributed by atoms with E-state index >= 15 is 0 Å². The Labute approximate surface area is 112 Å². The molecule has 0 aliphatic rings. The van der Waals surface area contributed by atoms with Gasteiger partial charge in [0.1, 0.15) is 0 Å². The van der Waals surface area contributed by atoms with E-state index in [1.165, 1.54) is 0 Å². The highest BCUT2D eigenvalue weighted by Gasteiger charge is 2.15. The molecule has 1 aromatic rings. The van der Waals surface area contributed by atoms with Crippen LogP contribution in [0.1, 0.15) is 27.2 Å². The Morgan fingerprint density at radius 2 is 2.06 bits per heavy atom. The third-order valence-electron chi connectivity index (χ3n) is 2.42. The van der Waals surface area contributed by atoms with Crippen molar-refractivity contribution >= 4 is 17.5 Å². The van der Waals surface area contributed by atoms with Crippen LogP contribution in [-0.4, -0.2) is 39.3 Å². The lowest BCUT2D eigenvalue weighted by atomic mass is 10.0. The van der Waals surface area contributed by atoms with Gasteiger partial charge in [0.05, 0.1) is 6.61 Å². The van der Waals surface area contributed by atoms with Gasteiger partial charge in [-0.25, -0.2) is 0 Å². The normalized spacial score (nSPS) is 12.6. The van der Waals surface area contributed by atoms with E-state index in [0.717, 1.165) is 0 Å². The molecule has 0 spiro atoms. The summed E-state index contributed by atoms with van der Waals surface area (Å²) >= 11 is 5.79. The second kappa shape index (κ2) is 7.33. The van der Waals surface area contributed by atoms with Gasteiger partial charge in [-0.3, -0.25) is 0 Å². The van der Waals surface area contributed by atoms with Crippen molar-refractivity contribution < 1.29 is 9.84 Å². The lowest BCUT2D eigenvalue weighted by molar-refractivity contribution is 0.267. The van der Waals surface area contributed by atoms with E-state index in [-0.39, 0.29) is 23.9 Å². The monoisotopic (exact) mass is 274 g/mol. The minimum absolute atomic E-state index is 0.0722. The molecule has 0 saturated carbocycles. The smallest absolute Gasteiger partial charge is 0.322 e. The quantitative estimate of drug-likeness (QED) is 0.788. The molecule has 6 nitrogen and oxygen atoms in total. The summed E-state index contributed by atoms with van der Waals surface area (Å²) in [5, 5.41) is 12.2. The molecule has 0 fully saturated rings. The minimum Gasteiger partial charge on any atom is -0.464 e. The average Bonchev–Trinajstić information content (AvgIpc) is 2.28. The Kier molecular flexibility index (Phi) is 6.07. The fourth-order valence-electron chi connectivity index (χ4n) is 1.47. The molecule has 1 unspecified atom stereocenters. The minimum atomic E-state index is 0.0722. The van der Waals surface area contributed by atoms with E-state index < -0.39 is 0 Å². The topological polar surface area (TPSA) is 80.2 Å². The van der Waals surface area contributed by atoms with Gasteiger partial charge in [-0.2, -0.15) is 15.0 Å². The molecule has 0 aliphatic carbocycles. The number of hydrogen-bond donors (Lipinski definition) is 2. The van der Waals surface area contributed by atoms with Crippen molar-refractivity contribution in [1.82, 2.24) is 15.0 Å². The Morgan fingerprint density at radius 1 is 1.33 bits per heavy atom. The zero-order valence-corrected chi connectivity index (χ0v) is 11.6. The van der Waals surface area contributed by atoms with Gasteiger partial charge in [-0.1, -0.05) is 13.8 Å². The zero-order chi connectivity index (χ0) is 13.5. The van der Waals surface area contributed by atoms with Crippen molar-refractivity contribution in [1.29, 1.82) is 0 Å². The molecule has 0 amide bonds. The first-order valence-corrected chi connectivity index (χ1v) is 6.36. The van der Waals surface area contributed by atoms with Crippen LogP contribution in [0.3, 0.4) is 0 Å². The van der Waals surface area contributed by atoms with Gasteiger partial charge in [-0.05, 0) is 30.9 Å². The maximum atomic E-state index is 9.01. The summed E-state index contributed by atoms with van der Waals surface area (Å²) in [7, 11) is 0. The van der Waals surface area contributed by atoms with E-state index in [1.807, 2.05) is 6.92 Å². The lowest BCUT2D eigenvalue weighted by Gasteiger charge is -2.21. The van der Waals surface area contributed by atoms with Gasteiger partial charge >= 0.3 is 6.01 Å². The Bertz CT molecular complexity index is 376. The molecule has 1 heterocycles. The standard InChI is InChI=1S/C11H19ClN4O2/c1-4-18-11-15-9(12)14-10(16-11)13-8(5-6-17)7(2)3/h7-8,17H,4-6H2,1-3H3,(H,13,14,15,16). The first kappa shape index (κ1) is 14.9. The number of nitrogens with one attached hydrogen (secondary N) is 1. The van der Waals surface area contributed by atoms with E-state index in [0.29, 0.717) is 24.9 Å². The molecule has 0 bridgehead atoms.